The van der Waals surface area contributed by atoms with Crippen LogP contribution in [-0.2, 0) is 0 Å². The van der Waals surface area contributed by atoms with Crippen LogP contribution in [0.4, 0.5) is 5.82 Å². The van der Waals surface area contributed by atoms with E-state index >= 15 is 0 Å². The number of anilines is 1. The molecule has 0 spiro atoms. The highest BCUT2D eigenvalue weighted by Gasteiger charge is 2.22. The van der Waals surface area contributed by atoms with Crippen LogP contribution in [0.3, 0.4) is 0 Å². The monoisotopic (exact) mass is 350 g/mol. The predicted octanol–water partition coefficient (Wildman–Crippen LogP) is 3.14. The molecule has 2 aromatic rings. The summed E-state index contributed by atoms with van der Waals surface area (Å²) in [5.74, 6) is 0.724. The van der Waals surface area contributed by atoms with Crippen molar-refractivity contribution >= 4 is 34.9 Å². The molecule has 3 rings (SSSR count). The summed E-state index contributed by atoms with van der Waals surface area (Å²) < 4.78 is 0. The van der Waals surface area contributed by atoms with Crippen LogP contribution in [-0.4, -0.2) is 47.0 Å². The number of hydrogen-bond donors (Lipinski definition) is 0. The van der Waals surface area contributed by atoms with E-state index in [1.165, 1.54) is 6.33 Å². The molecular weight excluding hydrogens is 335 g/mol. The van der Waals surface area contributed by atoms with Gasteiger partial charge >= 0.3 is 0 Å². The van der Waals surface area contributed by atoms with Gasteiger partial charge in [0, 0.05) is 36.8 Å². The number of benzene rings is 1. The fourth-order valence-corrected chi connectivity index (χ4v) is 3.09. The lowest BCUT2D eigenvalue weighted by Crippen LogP contribution is -2.35. The molecule has 1 saturated heterocycles. The number of hydrogen-bond acceptors (Lipinski definition) is 4. The molecule has 0 saturated carbocycles. The molecule has 2 heterocycles. The molecule has 0 bridgehead atoms. The minimum Gasteiger partial charge on any atom is -0.353 e. The van der Waals surface area contributed by atoms with Crippen LogP contribution in [0.2, 0.25) is 10.0 Å². The highest BCUT2D eigenvalue weighted by atomic mass is 35.5. The van der Waals surface area contributed by atoms with Crippen molar-refractivity contribution in [3.63, 3.8) is 0 Å². The van der Waals surface area contributed by atoms with E-state index < -0.39 is 0 Å². The number of carbonyl (C=O) groups is 1. The van der Waals surface area contributed by atoms with E-state index in [4.69, 9.17) is 23.2 Å². The van der Waals surface area contributed by atoms with E-state index in [9.17, 15) is 4.79 Å². The maximum atomic E-state index is 12.6. The van der Waals surface area contributed by atoms with Gasteiger partial charge < -0.3 is 9.80 Å². The maximum absolute atomic E-state index is 12.6. The van der Waals surface area contributed by atoms with Gasteiger partial charge in [-0.3, -0.25) is 4.79 Å². The second-order valence-electron chi connectivity index (χ2n) is 5.34. The normalized spacial score (nSPS) is 15.4. The third-order valence-corrected chi connectivity index (χ3v) is 4.30. The highest BCUT2D eigenvalue weighted by Crippen LogP contribution is 2.23. The molecular formula is C16H16Cl2N4O. The molecule has 0 unspecified atom stereocenters. The summed E-state index contributed by atoms with van der Waals surface area (Å²) in [6, 6.07) is 7.05. The zero-order chi connectivity index (χ0) is 16.2. The van der Waals surface area contributed by atoms with Crippen molar-refractivity contribution in [2.75, 3.05) is 31.1 Å². The first-order valence-corrected chi connectivity index (χ1v) is 8.16. The first-order chi connectivity index (χ1) is 11.1. The zero-order valence-corrected chi connectivity index (χ0v) is 14.0. The van der Waals surface area contributed by atoms with E-state index in [-0.39, 0.29) is 5.91 Å². The van der Waals surface area contributed by atoms with Crippen LogP contribution >= 0.6 is 23.2 Å². The Labute approximate surface area is 144 Å². The largest absolute Gasteiger partial charge is 0.353 e. The fourth-order valence-electron chi connectivity index (χ4n) is 2.68. The molecule has 1 amide bonds. The van der Waals surface area contributed by atoms with Gasteiger partial charge in [0.2, 0.25) is 0 Å². The summed E-state index contributed by atoms with van der Waals surface area (Å²) in [5.41, 5.74) is 0.617. The topological polar surface area (TPSA) is 49.3 Å². The molecule has 7 heteroatoms. The molecule has 1 fully saturated rings. The van der Waals surface area contributed by atoms with E-state index in [0.717, 1.165) is 18.8 Å². The first-order valence-electron chi connectivity index (χ1n) is 7.40. The average Bonchev–Trinajstić information content (AvgIpc) is 2.80. The van der Waals surface area contributed by atoms with Gasteiger partial charge in [0.1, 0.15) is 11.3 Å². The van der Waals surface area contributed by atoms with Crippen molar-refractivity contribution < 1.29 is 4.79 Å². The standard InChI is InChI=1S/C16H16Cl2N4O/c17-13-4-1-3-12(9-13)16(23)22-6-2-5-21(7-8-22)15-14(18)10-19-11-20-15/h1,3-4,9-11H,2,5-8H2. The molecule has 5 nitrogen and oxygen atoms in total. The molecule has 0 atom stereocenters. The summed E-state index contributed by atoms with van der Waals surface area (Å²) in [5, 5.41) is 1.10. The van der Waals surface area contributed by atoms with Crippen LogP contribution in [0.25, 0.3) is 0 Å². The lowest BCUT2D eigenvalue weighted by Gasteiger charge is -2.23. The second kappa shape index (κ2) is 7.15. The van der Waals surface area contributed by atoms with E-state index in [1.807, 2.05) is 4.90 Å². The van der Waals surface area contributed by atoms with Crippen molar-refractivity contribution in [2.24, 2.45) is 0 Å². The summed E-state index contributed by atoms with van der Waals surface area (Å²) in [6.45, 7) is 2.80. The molecule has 1 aliphatic rings. The lowest BCUT2D eigenvalue weighted by atomic mass is 10.2. The van der Waals surface area contributed by atoms with Gasteiger partial charge in [-0.25, -0.2) is 9.97 Å². The van der Waals surface area contributed by atoms with Crippen molar-refractivity contribution in [3.8, 4) is 0 Å². The number of carbonyl (C=O) groups excluding carboxylic acids is 1. The summed E-state index contributed by atoms with van der Waals surface area (Å²) in [7, 11) is 0. The number of aromatic nitrogens is 2. The van der Waals surface area contributed by atoms with E-state index in [1.54, 1.807) is 30.5 Å². The number of halogens is 2. The molecule has 0 aliphatic carbocycles. The van der Waals surface area contributed by atoms with Crippen molar-refractivity contribution in [3.05, 3.63) is 52.4 Å². The van der Waals surface area contributed by atoms with E-state index in [0.29, 0.717) is 35.2 Å². The van der Waals surface area contributed by atoms with Gasteiger partial charge in [-0.05, 0) is 24.6 Å². The molecule has 1 aliphatic heterocycles. The van der Waals surface area contributed by atoms with Crippen molar-refractivity contribution in [1.82, 2.24) is 14.9 Å². The van der Waals surface area contributed by atoms with Crippen molar-refractivity contribution in [1.29, 1.82) is 0 Å². The van der Waals surface area contributed by atoms with Gasteiger partial charge in [0.05, 0.1) is 6.20 Å². The Hall–Kier alpha value is -1.85. The molecule has 0 radical (unpaired) electrons. The summed E-state index contributed by atoms with van der Waals surface area (Å²) in [6.07, 6.45) is 3.93. The fraction of sp³-hybridized carbons (Fsp3) is 0.312. The highest BCUT2D eigenvalue weighted by molar-refractivity contribution is 6.32. The Balaban J connectivity index is 1.71. The van der Waals surface area contributed by atoms with Gasteiger partial charge in [0.15, 0.2) is 5.82 Å². The Bertz CT molecular complexity index is 710. The van der Waals surface area contributed by atoms with Crippen LogP contribution in [0.1, 0.15) is 16.8 Å². The first kappa shape index (κ1) is 16.0. The van der Waals surface area contributed by atoms with Crippen LogP contribution in [0.15, 0.2) is 36.8 Å². The number of amides is 1. The predicted molar refractivity (Wildman–Crippen MR) is 91.2 cm³/mol. The quantitative estimate of drug-likeness (QED) is 0.834. The molecule has 1 aromatic carbocycles. The smallest absolute Gasteiger partial charge is 0.253 e. The molecule has 1 aromatic heterocycles. The SMILES string of the molecule is O=C(c1cccc(Cl)c1)N1CCCN(c2ncncc2Cl)CC1. The average molecular weight is 351 g/mol. The van der Waals surface area contributed by atoms with Gasteiger partial charge in [-0.2, -0.15) is 0 Å². The van der Waals surface area contributed by atoms with Gasteiger partial charge in [0.25, 0.3) is 5.91 Å². The number of rotatable bonds is 2. The maximum Gasteiger partial charge on any atom is 0.253 e. The third kappa shape index (κ3) is 3.74. The molecule has 23 heavy (non-hydrogen) atoms. The Morgan fingerprint density at radius 3 is 2.78 bits per heavy atom. The van der Waals surface area contributed by atoms with E-state index in [2.05, 4.69) is 14.9 Å². The Kier molecular flexibility index (Phi) is 4.98. The molecule has 120 valence electrons. The van der Waals surface area contributed by atoms with Crippen LogP contribution in [0, 0.1) is 0 Å². The van der Waals surface area contributed by atoms with Crippen molar-refractivity contribution in [2.45, 2.75) is 6.42 Å². The van der Waals surface area contributed by atoms with Gasteiger partial charge in [-0.15, -0.1) is 0 Å². The molecule has 0 N–H and O–H groups in total. The summed E-state index contributed by atoms with van der Waals surface area (Å²) >= 11 is 12.1. The minimum absolute atomic E-state index is 0.00290. The van der Waals surface area contributed by atoms with Crippen LogP contribution < -0.4 is 4.90 Å². The Morgan fingerprint density at radius 2 is 2.00 bits per heavy atom. The Morgan fingerprint density at radius 1 is 1.13 bits per heavy atom. The lowest BCUT2D eigenvalue weighted by molar-refractivity contribution is 0.0767. The van der Waals surface area contributed by atoms with Gasteiger partial charge in [-0.1, -0.05) is 29.3 Å². The second-order valence-corrected chi connectivity index (χ2v) is 6.18. The minimum atomic E-state index is 0.00290. The summed E-state index contributed by atoms with van der Waals surface area (Å²) in [4.78, 5) is 24.7. The van der Waals surface area contributed by atoms with Crippen LogP contribution in [0.5, 0.6) is 0 Å². The number of nitrogens with zero attached hydrogens (tertiary/aromatic N) is 4. The third-order valence-electron chi connectivity index (χ3n) is 3.80. The zero-order valence-electron chi connectivity index (χ0n) is 12.5.